The minimum atomic E-state index is -0.770. The minimum absolute atomic E-state index is 0.0567. The maximum Gasteiger partial charge on any atom is 0.318 e. The zero-order chi connectivity index (χ0) is 14.8. The van der Waals surface area contributed by atoms with Gasteiger partial charge in [-0.3, -0.25) is 10.1 Å². The zero-order valence-corrected chi connectivity index (χ0v) is 12.5. The summed E-state index contributed by atoms with van der Waals surface area (Å²) >= 11 is 1.44. The van der Waals surface area contributed by atoms with E-state index >= 15 is 0 Å². The summed E-state index contributed by atoms with van der Waals surface area (Å²) in [7, 11) is 0. The highest BCUT2D eigenvalue weighted by Crippen LogP contribution is 2.42. The molecule has 2 aromatic rings. The molecular formula is C16H17NO3S. The summed E-state index contributed by atoms with van der Waals surface area (Å²) in [4.78, 5) is 11.2. The Morgan fingerprint density at radius 3 is 2.90 bits per heavy atom. The predicted molar refractivity (Wildman–Crippen MR) is 84.9 cm³/mol. The van der Waals surface area contributed by atoms with Crippen LogP contribution in [0.5, 0.6) is 5.75 Å². The molecule has 2 N–H and O–H groups in total. The Kier molecular flexibility index (Phi) is 4.03. The molecule has 1 heterocycles. The van der Waals surface area contributed by atoms with Crippen LogP contribution in [-0.4, -0.2) is 29.5 Å². The van der Waals surface area contributed by atoms with Crippen molar-refractivity contribution in [1.82, 2.24) is 5.32 Å². The van der Waals surface area contributed by atoms with Crippen LogP contribution in [0.2, 0.25) is 0 Å². The van der Waals surface area contributed by atoms with Crippen LogP contribution in [-0.2, 0) is 4.79 Å². The predicted octanol–water partition coefficient (Wildman–Crippen LogP) is 3.03. The van der Waals surface area contributed by atoms with E-state index in [9.17, 15) is 9.90 Å². The summed E-state index contributed by atoms with van der Waals surface area (Å²) in [5.74, 6) is 0.0560. The van der Waals surface area contributed by atoms with Crippen LogP contribution in [0, 0.1) is 0 Å². The summed E-state index contributed by atoms with van der Waals surface area (Å²) in [6.45, 7) is 3.01. The maximum absolute atomic E-state index is 11.2. The molecule has 0 aromatic heterocycles. The first-order valence-electron chi connectivity index (χ1n) is 6.96. The van der Waals surface area contributed by atoms with E-state index in [1.165, 1.54) is 11.8 Å². The third-order valence-electron chi connectivity index (χ3n) is 3.56. The van der Waals surface area contributed by atoms with Gasteiger partial charge in [-0.2, -0.15) is 0 Å². The van der Waals surface area contributed by atoms with Crippen LogP contribution >= 0.6 is 11.8 Å². The SMILES string of the molecule is CCOc1ccc2ccccc2c1[C@H]1NC[C@H](C(=O)O)S1. The number of rotatable bonds is 4. The summed E-state index contributed by atoms with van der Waals surface area (Å²) in [5.41, 5.74) is 1.05. The lowest BCUT2D eigenvalue weighted by Crippen LogP contribution is -2.21. The summed E-state index contributed by atoms with van der Waals surface area (Å²) < 4.78 is 5.75. The van der Waals surface area contributed by atoms with Crippen molar-refractivity contribution in [3.8, 4) is 5.75 Å². The molecule has 0 amide bonds. The number of fused-ring (bicyclic) bond motifs is 1. The van der Waals surface area contributed by atoms with Gasteiger partial charge >= 0.3 is 5.97 Å². The second-order valence-corrected chi connectivity index (χ2v) is 6.20. The average Bonchev–Trinajstić information content (AvgIpc) is 2.97. The standard InChI is InChI=1S/C16H17NO3S/c1-2-20-12-8-7-10-5-3-4-6-11(10)14(12)15-17-9-13(21-15)16(18)19/h3-8,13,15,17H,2,9H2,1H3,(H,18,19)/t13-,15+/m1/s1. The van der Waals surface area contributed by atoms with E-state index in [1.54, 1.807) is 0 Å². The summed E-state index contributed by atoms with van der Waals surface area (Å²) in [5, 5.41) is 14.2. The number of benzene rings is 2. The summed E-state index contributed by atoms with van der Waals surface area (Å²) in [6, 6.07) is 12.1. The first-order valence-corrected chi connectivity index (χ1v) is 7.91. The minimum Gasteiger partial charge on any atom is -0.493 e. The van der Waals surface area contributed by atoms with Crippen molar-refractivity contribution in [3.05, 3.63) is 42.0 Å². The van der Waals surface area contributed by atoms with Crippen LogP contribution in [0.3, 0.4) is 0 Å². The van der Waals surface area contributed by atoms with Gasteiger partial charge in [-0.15, -0.1) is 11.8 Å². The Hall–Kier alpha value is -1.72. The van der Waals surface area contributed by atoms with Gasteiger partial charge in [0.2, 0.25) is 0 Å². The molecule has 3 rings (SSSR count). The van der Waals surface area contributed by atoms with Crippen molar-refractivity contribution in [1.29, 1.82) is 0 Å². The van der Waals surface area contributed by atoms with Gasteiger partial charge in [0.05, 0.1) is 12.0 Å². The summed E-state index contributed by atoms with van der Waals surface area (Å²) in [6.07, 6.45) is 0. The molecular weight excluding hydrogens is 286 g/mol. The van der Waals surface area contributed by atoms with Gasteiger partial charge in [-0.1, -0.05) is 30.3 Å². The van der Waals surface area contributed by atoms with E-state index in [0.717, 1.165) is 22.1 Å². The molecule has 110 valence electrons. The smallest absolute Gasteiger partial charge is 0.318 e. The van der Waals surface area contributed by atoms with E-state index in [4.69, 9.17) is 4.74 Å². The van der Waals surface area contributed by atoms with Crippen molar-refractivity contribution < 1.29 is 14.6 Å². The molecule has 0 bridgehead atoms. The fraction of sp³-hybridized carbons (Fsp3) is 0.312. The van der Waals surface area contributed by atoms with Crippen LogP contribution in [0.25, 0.3) is 10.8 Å². The first kappa shape index (κ1) is 14.2. The fourth-order valence-electron chi connectivity index (χ4n) is 2.62. The molecule has 1 saturated heterocycles. The second-order valence-electron chi connectivity index (χ2n) is 4.88. The zero-order valence-electron chi connectivity index (χ0n) is 11.7. The van der Waals surface area contributed by atoms with Crippen molar-refractivity contribution in [2.75, 3.05) is 13.2 Å². The Morgan fingerprint density at radius 1 is 1.38 bits per heavy atom. The Morgan fingerprint density at radius 2 is 2.19 bits per heavy atom. The largest absolute Gasteiger partial charge is 0.493 e. The molecule has 0 radical (unpaired) electrons. The number of carbonyl (C=O) groups is 1. The van der Waals surface area contributed by atoms with E-state index in [1.807, 2.05) is 31.2 Å². The van der Waals surface area contributed by atoms with E-state index < -0.39 is 11.2 Å². The van der Waals surface area contributed by atoms with Gasteiger partial charge in [-0.25, -0.2) is 0 Å². The topological polar surface area (TPSA) is 58.6 Å². The monoisotopic (exact) mass is 303 g/mol. The Bertz CT molecular complexity index is 674. The normalized spacial score (nSPS) is 21.6. The molecule has 2 atom stereocenters. The molecule has 0 spiro atoms. The van der Waals surface area contributed by atoms with Gasteiger partial charge in [-0.05, 0) is 23.8 Å². The van der Waals surface area contributed by atoms with E-state index in [-0.39, 0.29) is 5.37 Å². The highest BCUT2D eigenvalue weighted by Gasteiger charge is 2.33. The third-order valence-corrected chi connectivity index (χ3v) is 4.93. The van der Waals surface area contributed by atoms with Crippen LogP contribution < -0.4 is 10.1 Å². The van der Waals surface area contributed by atoms with Gasteiger partial charge < -0.3 is 9.84 Å². The molecule has 1 aliphatic rings. The van der Waals surface area contributed by atoms with Crippen molar-refractivity contribution in [3.63, 3.8) is 0 Å². The number of hydrogen-bond acceptors (Lipinski definition) is 4. The van der Waals surface area contributed by atoms with E-state index in [0.29, 0.717) is 13.2 Å². The lowest BCUT2D eigenvalue weighted by atomic mass is 10.0. The molecule has 21 heavy (non-hydrogen) atoms. The Labute approximate surface area is 127 Å². The Balaban J connectivity index is 2.06. The molecule has 0 saturated carbocycles. The number of thioether (sulfide) groups is 1. The highest BCUT2D eigenvalue weighted by molar-refractivity contribution is 8.01. The number of ether oxygens (including phenoxy) is 1. The van der Waals surface area contributed by atoms with E-state index in [2.05, 4.69) is 17.4 Å². The lowest BCUT2D eigenvalue weighted by Gasteiger charge is -2.18. The number of hydrogen-bond donors (Lipinski definition) is 2. The van der Waals surface area contributed by atoms with Gasteiger partial charge in [0.25, 0.3) is 0 Å². The molecule has 4 nitrogen and oxygen atoms in total. The van der Waals surface area contributed by atoms with Crippen molar-refractivity contribution >= 4 is 28.5 Å². The number of aliphatic carboxylic acids is 1. The molecule has 2 aromatic carbocycles. The van der Waals surface area contributed by atoms with Crippen LogP contribution in [0.15, 0.2) is 36.4 Å². The average molecular weight is 303 g/mol. The van der Waals surface area contributed by atoms with Crippen molar-refractivity contribution in [2.45, 2.75) is 17.5 Å². The van der Waals surface area contributed by atoms with Gasteiger partial charge in [0.15, 0.2) is 0 Å². The second kappa shape index (κ2) is 5.95. The molecule has 1 fully saturated rings. The fourth-order valence-corrected chi connectivity index (χ4v) is 3.83. The maximum atomic E-state index is 11.2. The highest BCUT2D eigenvalue weighted by atomic mass is 32.2. The van der Waals surface area contributed by atoms with Crippen LogP contribution in [0.4, 0.5) is 0 Å². The number of carboxylic acids is 1. The number of nitrogens with one attached hydrogen (secondary N) is 1. The first-order chi connectivity index (χ1) is 10.2. The van der Waals surface area contributed by atoms with Gasteiger partial charge in [0, 0.05) is 12.1 Å². The van der Waals surface area contributed by atoms with Crippen LogP contribution in [0.1, 0.15) is 17.9 Å². The van der Waals surface area contributed by atoms with Crippen molar-refractivity contribution in [2.24, 2.45) is 0 Å². The number of carboxylic acid groups (broad SMARTS) is 1. The molecule has 1 aliphatic heterocycles. The lowest BCUT2D eigenvalue weighted by molar-refractivity contribution is -0.136. The van der Waals surface area contributed by atoms with Gasteiger partial charge in [0.1, 0.15) is 11.0 Å². The quantitative estimate of drug-likeness (QED) is 0.909. The third kappa shape index (κ3) is 2.71. The molecule has 0 unspecified atom stereocenters. The molecule has 5 heteroatoms. The molecule has 0 aliphatic carbocycles.